The van der Waals surface area contributed by atoms with Crippen LogP contribution in [0.3, 0.4) is 0 Å². The first-order chi connectivity index (χ1) is 9.42. The molecule has 0 bridgehead atoms. The number of hydrogen-bond acceptors (Lipinski definition) is 4. The molecule has 0 aromatic rings. The summed E-state index contributed by atoms with van der Waals surface area (Å²) in [6.45, 7) is 10.1. The van der Waals surface area contributed by atoms with Gasteiger partial charge in [0.1, 0.15) is 0 Å². The Morgan fingerprint density at radius 1 is 1.20 bits per heavy atom. The topological polar surface area (TPSA) is 80.7 Å². The van der Waals surface area contributed by atoms with Crippen molar-refractivity contribution in [2.75, 3.05) is 0 Å². The normalized spacial score (nSPS) is 13.6. The van der Waals surface area contributed by atoms with Gasteiger partial charge in [0.25, 0.3) is 0 Å². The molecule has 0 atom stereocenters. The minimum absolute atomic E-state index is 0.0556. The number of hydrogen-bond donors (Lipinski definition) is 1. The zero-order chi connectivity index (χ0) is 15.5. The molecule has 1 N–H and O–H groups in total. The molecule has 0 spiro atoms. The van der Waals surface area contributed by atoms with Crippen molar-refractivity contribution in [3.05, 3.63) is 37.5 Å². The van der Waals surface area contributed by atoms with E-state index >= 15 is 0 Å². The maximum absolute atomic E-state index is 11.3. The van der Waals surface area contributed by atoms with Crippen LogP contribution < -0.4 is 0 Å². The molecule has 5 nitrogen and oxygen atoms in total. The van der Waals surface area contributed by atoms with Crippen LogP contribution in [0.5, 0.6) is 0 Å². The third-order valence-electron chi connectivity index (χ3n) is 2.79. The Morgan fingerprint density at radius 3 is 2.10 bits per heavy atom. The van der Waals surface area contributed by atoms with Gasteiger partial charge in [-0.25, -0.2) is 9.59 Å². The number of carbonyl (C=O) groups excluding carboxylic acids is 2. The second-order valence-corrected chi connectivity index (χ2v) is 4.31. The SMILES string of the molecule is C=CC(=O)OC(=O)C(=C)C1CCCC1.C=CCC(=O)O. The van der Waals surface area contributed by atoms with Crippen molar-refractivity contribution in [2.24, 2.45) is 5.92 Å². The van der Waals surface area contributed by atoms with Gasteiger partial charge >= 0.3 is 17.9 Å². The average Bonchev–Trinajstić information content (AvgIpc) is 2.92. The number of rotatable bonds is 5. The second-order valence-electron chi connectivity index (χ2n) is 4.31. The lowest BCUT2D eigenvalue weighted by Crippen LogP contribution is -2.16. The van der Waals surface area contributed by atoms with Gasteiger partial charge in [0.2, 0.25) is 0 Å². The Kier molecular flexibility index (Phi) is 8.67. The van der Waals surface area contributed by atoms with E-state index in [9.17, 15) is 14.4 Å². The molecule has 5 heteroatoms. The molecule has 1 saturated carbocycles. The summed E-state index contributed by atoms with van der Waals surface area (Å²) in [5.74, 6) is -1.96. The van der Waals surface area contributed by atoms with E-state index in [-0.39, 0.29) is 12.3 Å². The van der Waals surface area contributed by atoms with Crippen molar-refractivity contribution in [3.8, 4) is 0 Å². The maximum Gasteiger partial charge on any atom is 0.341 e. The van der Waals surface area contributed by atoms with Crippen molar-refractivity contribution in [2.45, 2.75) is 32.1 Å². The fraction of sp³-hybridized carbons (Fsp3) is 0.400. The fourth-order valence-corrected chi connectivity index (χ4v) is 1.76. The molecule has 0 unspecified atom stereocenters. The summed E-state index contributed by atoms with van der Waals surface area (Å²) in [5.41, 5.74) is 0.415. The van der Waals surface area contributed by atoms with Crippen LogP contribution in [-0.4, -0.2) is 23.0 Å². The van der Waals surface area contributed by atoms with Gasteiger partial charge in [-0.3, -0.25) is 4.79 Å². The van der Waals surface area contributed by atoms with Crippen LogP contribution in [0.25, 0.3) is 0 Å². The number of ether oxygens (including phenoxy) is 1. The molecule has 0 saturated heterocycles. The molecule has 1 rings (SSSR count). The lowest BCUT2D eigenvalue weighted by Gasteiger charge is -2.09. The highest BCUT2D eigenvalue weighted by Gasteiger charge is 2.24. The summed E-state index contributed by atoms with van der Waals surface area (Å²) < 4.78 is 4.48. The summed E-state index contributed by atoms with van der Waals surface area (Å²) in [6, 6.07) is 0. The zero-order valence-corrected chi connectivity index (χ0v) is 11.5. The van der Waals surface area contributed by atoms with E-state index in [1.807, 2.05) is 0 Å². The highest BCUT2D eigenvalue weighted by Crippen LogP contribution is 2.30. The fourth-order valence-electron chi connectivity index (χ4n) is 1.76. The van der Waals surface area contributed by atoms with Gasteiger partial charge in [-0.1, -0.05) is 32.1 Å². The zero-order valence-electron chi connectivity index (χ0n) is 11.5. The smallest absolute Gasteiger partial charge is 0.341 e. The lowest BCUT2D eigenvalue weighted by molar-refractivity contribution is -0.153. The standard InChI is InChI=1S/C11H14O3.C4H6O2/c1-3-10(12)14-11(13)8(2)9-6-4-5-7-9;1-2-3-4(5)6/h3,9H,1-2,4-7H2;2H,1,3H2,(H,5,6). The Bertz CT molecular complexity index is 402. The Balaban J connectivity index is 0.000000511. The van der Waals surface area contributed by atoms with Gasteiger partial charge < -0.3 is 9.84 Å². The monoisotopic (exact) mass is 280 g/mol. The third kappa shape index (κ3) is 7.31. The second kappa shape index (κ2) is 9.72. The van der Waals surface area contributed by atoms with E-state index in [1.54, 1.807) is 0 Å². The van der Waals surface area contributed by atoms with Crippen LogP contribution >= 0.6 is 0 Å². The van der Waals surface area contributed by atoms with Gasteiger partial charge in [-0.05, 0) is 18.8 Å². The summed E-state index contributed by atoms with van der Waals surface area (Å²) in [6.07, 6.45) is 6.55. The van der Waals surface area contributed by atoms with E-state index in [2.05, 4.69) is 24.5 Å². The molecule has 0 aliphatic heterocycles. The summed E-state index contributed by atoms with van der Waals surface area (Å²) >= 11 is 0. The largest absolute Gasteiger partial charge is 0.481 e. The van der Waals surface area contributed by atoms with Gasteiger partial charge in [0.05, 0.1) is 6.42 Å². The van der Waals surface area contributed by atoms with Crippen molar-refractivity contribution in [1.82, 2.24) is 0 Å². The van der Waals surface area contributed by atoms with E-state index < -0.39 is 17.9 Å². The van der Waals surface area contributed by atoms with Crippen LogP contribution in [-0.2, 0) is 19.1 Å². The number of carboxylic acid groups (broad SMARTS) is 1. The molecular weight excluding hydrogens is 260 g/mol. The molecule has 0 radical (unpaired) electrons. The molecule has 1 fully saturated rings. The van der Waals surface area contributed by atoms with E-state index in [4.69, 9.17) is 5.11 Å². The van der Waals surface area contributed by atoms with Crippen LogP contribution in [0, 0.1) is 5.92 Å². The number of carbonyl (C=O) groups is 3. The highest BCUT2D eigenvalue weighted by molar-refractivity contribution is 5.99. The van der Waals surface area contributed by atoms with E-state index in [1.165, 1.54) is 6.08 Å². The molecule has 20 heavy (non-hydrogen) atoms. The lowest BCUT2D eigenvalue weighted by atomic mass is 9.99. The molecule has 1 aliphatic rings. The molecule has 110 valence electrons. The van der Waals surface area contributed by atoms with E-state index in [0.717, 1.165) is 31.8 Å². The van der Waals surface area contributed by atoms with Gasteiger partial charge in [-0.2, -0.15) is 0 Å². The molecule has 0 aromatic carbocycles. The Hall–Kier alpha value is -2.17. The minimum atomic E-state index is -0.829. The quantitative estimate of drug-likeness (QED) is 0.362. The number of esters is 2. The predicted molar refractivity (Wildman–Crippen MR) is 74.8 cm³/mol. The minimum Gasteiger partial charge on any atom is -0.481 e. The van der Waals surface area contributed by atoms with Crippen LogP contribution in [0.4, 0.5) is 0 Å². The third-order valence-corrected chi connectivity index (χ3v) is 2.79. The summed E-state index contributed by atoms with van der Waals surface area (Å²) in [4.78, 5) is 31.6. The summed E-state index contributed by atoms with van der Waals surface area (Å²) in [7, 11) is 0. The molecule has 0 amide bonds. The van der Waals surface area contributed by atoms with Crippen LogP contribution in [0.15, 0.2) is 37.5 Å². The Morgan fingerprint density at radius 2 is 1.75 bits per heavy atom. The van der Waals surface area contributed by atoms with Crippen molar-refractivity contribution < 1.29 is 24.2 Å². The van der Waals surface area contributed by atoms with Crippen molar-refractivity contribution >= 4 is 17.9 Å². The van der Waals surface area contributed by atoms with Gasteiger partial charge in [0.15, 0.2) is 0 Å². The molecule has 0 heterocycles. The maximum atomic E-state index is 11.3. The van der Waals surface area contributed by atoms with E-state index in [0.29, 0.717) is 5.57 Å². The first-order valence-electron chi connectivity index (χ1n) is 6.32. The molecular formula is C15H20O5. The summed E-state index contributed by atoms with van der Waals surface area (Å²) in [5, 5.41) is 7.84. The van der Waals surface area contributed by atoms with Crippen LogP contribution in [0.2, 0.25) is 0 Å². The van der Waals surface area contributed by atoms with Crippen LogP contribution in [0.1, 0.15) is 32.1 Å². The number of carboxylic acids is 1. The van der Waals surface area contributed by atoms with Gasteiger partial charge in [-0.15, -0.1) is 6.58 Å². The first kappa shape index (κ1) is 17.8. The Labute approximate surface area is 118 Å². The van der Waals surface area contributed by atoms with Crippen molar-refractivity contribution in [3.63, 3.8) is 0 Å². The first-order valence-corrected chi connectivity index (χ1v) is 6.32. The van der Waals surface area contributed by atoms with Crippen molar-refractivity contribution in [1.29, 1.82) is 0 Å². The predicted octanol–water partition coefficient (Wildman–Crippen LogP) is 2.64. The highest BCUT2D eigenvalue weighted by atomic mass is 16.6. The number of aliphatic carboxylic acids is 1. The molecule has 1 aliphatic carbocycles. The average molecular weight is 280 g/mol. The molecule has 0 aromatic heterocycles. The van der Waals surface area contributed by atoms with Gasteiger partial charge in [0, 0.05) is 11.6 Å².